The summed E-state index contributed by atoms with van der Waals surface area (Å²) in [6.07, 6.45) is 0. The monoisotopic (exact) mass is 312 g/mol. The van der Waals surface area contributed by atoms with E-state index >= 15 is 0 Å². The molecule has 18 heavy (non-hydrogen) atoms. The zero-order valence-corrected chi connectivity index (χ0v) is 12.4. The smallest absolute Gasteiger partial charge is 0.236 e. The summed E-state index contributed by atoms with van der Waals surface area (Å²) in [7, 11) is 0. The summed E-state index contributed by atoms with van der Waals surface area (Å²) in [4.78, 5) is 19.8. The highest BCUT2D eigenvalue weighted by Crippen LogP contribution is 2.08. The van der Waals surface area contributed by atoms with Crippen LogP contribution in [0.15, 0.2) is 10.9 Å². The van der Waals surface area contributed by atoms with Crippen LogP contribution in [-0.4, -0.2) is 53.4 Å². The number of amides is 1. The Morgan fingerprint density at radius 1 is 1.33 bits per heavy atom. The predicted octanol–water partition coefficient (Wildman–Crippen LogP) is 0.590. The summed E-state index contributed by atoms with van der Waals surface area (Å²) in [5, 5.41) is 2.07. The van der Waals surface area contributed by atoms with Gasteiger partial charge in [0.1, 0.15) is 0 Å². The molecule has 0 aromatic carbocycles. The topological polar surface area (TPSA) is 62.5 Å². The van der Waals surface area contributed by atoms with Crippen molar-refractivity contribution in [3.8, 4) is 0 Å². The Bertz CT molecular complexity index is 342. The lowest BCUT2D eigenvalue weighted by molar-refractivity contribution is -0.131. The third kappa shape index (κ3) is 4.70. The molecule has 0 saturated carbocycles. The van der Waals surface area contributed by atoms with Crippen molar-refractivity contribution in [2.75, 3.05) is 32.7 Å². The highest BCUT2D eigenvalue weighted by atomic mass is 35.5. The zero-order chi connectivity index (χ0) is 11.4. The van der Waals surface area contributed by atoms with Crippen molar-refractivity contribution in [3.05, 3.63) is 16.6 Å². The van der Waals surface area contributed by atoms with Crippen LogP contribution in [0.1, 0.15) is 5.69 Å². The van der Waals surface area contributed by atoms with E-state index in [1.807, 2.05) is 10.4 Å². The maximum atomic E-state index is 11.4. The van der Waals surface area contributed by atoms with E-state index in [1.165, 1.54) is 0 Å². The number of piperazine rings is 1. The van der Waals surface area contributed by atoms with E-state index in [9.17, 15) is 4.79 Å². The molecule has 1 saturated heterocycles. The summed E-state index contributed by atoms with van der Waals surface area (Å²) < 4.78 is 0. The van der Waals surface area contributed by atoms with Crippen LogP contribution < -0.4 is 5.73 Å². The average Bonchev–Trinajstić information content (AvgIpc) is 2.82. The number of nitrogens with two attached hydrogens (primary N) is 1. The van der Waals surface area contributed by atoms with Gasteiger partial charge in [-0.2, -0.15) is 0 Å². The first-order valence-electron chi connectivity index (χ1n) is 5.37. The van der Waals surface area contributed by atoms with E-state index in [0.29, 0.717) is 0 Å². The van der Waals surface area contributed by atoms with E-state index in [-0.39, 0.29) is 37.3 Å². The minimum Gasteiger partial charge on any atom is -0.339 e. The van der Waals surface area contributed by atoms with Gasteiger partial charge in [0.2, 0.25) is 5.91 Å². The molecular weight excluding hydrogens is 295 g/mol. The van der Waals surface area contributed by atoms with Gasteiger partial charge in [-0.05, 0) is 0 Å². The second-order valence-corrected chi connectivity index (χ2v) is 4.56. The summed E-state index contributed by atoms with van der Waals surface area (Å²) in [6.45, 7) is 4.37. The molecule has 2 heterocycles. The van der Waals surface area contributed by atoms with Gasteiger partial charge in [0.15, 0.2) is 0 Å². The summed E-state index contributed by atoms with van der Waals surface area (Å²) in [6, 6.07) is 0. The number of thiazole rings is 1. The number of halogens is 2. The molecule has 1 aromatic rings. The highest BCUT2D eigenvalue weighted by Gasteiger charge is 2.20. The Morgan fingerprint density at radius 2 is 2.00 bits per heavy atom. The number of rotatable bonds is 3. The van der Waals surface area contributed by atoms with Crippen LogP contribution in [-0.2, 0) is 11.3 Å². The van der Waals surface area contributed by atoms with Crippen molar-refractivity contribution in [1.29, 1.82) is 0 Å². The first-order valence-corrected chi connectivity index (χ1v) is 6.31. The number of carbonyl (C=O) groups is 1. The fourth-order valence-corrected chi connectivity index (χ4v) is 2.38. The van der Waals surface area contributed by atoms with Gasteiger partial charge in [0, 0.05) is 38.1 Å². The maximum Gasteiger partial charge on any atom is 0.236 e. The van der Waals surface area contributed by atoms with Gasteiger partial charge in [0.05, 0.1) is 17.7 Å². The van der Waals surface area contributed by atoms with Gasteiger partial charge in [-0.15, -0.1) is 36.2 Å². The van der Waals surface area contributed by atoms with E-state index < -0.39 is 0 Å². The number of aromatic nitrogens is 1. The minimum atomic E-state index is 0. The highest BCUT2D eigenvalue weighted by molar-refractivity contribution is 7.07. The molecule has 2 rings (SSSR count). The van der Waals surface area contributed by atoms with E-state index in [0.717, 1.165) is 38.4 Å². The molecule has 2 N–H and O–H groups in total. The Morgan fingerprint density at radius 3 is 2.50 bits per heavy atom. The molecule has 1 aliphatic rings. The molecule has 0 atom stereocenters. The van der Waals surface area contributed by atoms with E-state index in [1.54, 1.807) is 11.3 Å². The maximum absolute atomic E-state index is 11.4. The standard InChI is InChI=1S/C10H16N4OS.2ClH/c11-5-10(15)14-3-1-13(2-4-14)6-9-7-16-8-12-9;;/h7-8H,1-6,11H2;2*1H. The van der Waals surface area contributed by atoms with Crippen molar-refractivity contribution in [3.63, 3.8) is 0 Å². The van der Waals surface area contributed by atoms with Crippen LogP contribution in [0, 0.1) is 0 Å². The van der Waals surface area contributed by atoms with E-state index in [2.05, 4.69) is 15.3 Å². The largest absolute Gasteiger partial charge is 0.339 e. The number of hydrogen-bond donors (Lipinski definition) is 1. The second-order valence-electron chi connectivity index (χ2n) is 3.84. The summed E-state index contributed by atoms with van der Waals surface area (Å²) in [5.74, 6) is 0.0494. The van der Waals surface area contributed by atoms with Crippen molar-refractivity contribution in [2.24, 2.45) is 5.73 Å². The first kappa shape index (κ1) is 17.6. The van der Waals surface area contributed by atoms with Crippen molar-refractivity contribution >= 4 is 42.1 Å². The van der Waals surface area contributed by atoms with Gasteiger partial charge in [-0.3, -0.25) is 9.69 Å². The van der Waals surface area contributed by atoms with Crippen molar-refractivity contribution in [1.82, 2.24) is 14.8 Å². The average molecular weight is 313 g/mol. The van der Waals surface area contributed by atoms with E-state index in [4.69, 9.17) is 5.73 Å². The van der Waals surface area contributed by atoms with Gasteiger partial charge in [-0.1, -0.05) is 0 Å². The lowest BCUT2D eigenvalue weighted by atomic mass is 10.3. The fraction of sp³-hybridized carbons (Fsp3) is 0.600. The Balaban J connectivity index is 0.00000144. The van der Waals surface area contributed by atoms with Crippen LogP contribution in [0.5, 0.6) is 0 Å². The molecule has 1 aliphatic heterocycles. The van der Waals surface area contributed by atoms with Crippen molar-refractivity contribution in [2.45, 2.75) is 6.54 Å². The Labute approximate surface area is 123 Å². The molecule has 1 aromatic heterocycles. The molecule has 8 heteroatoms. The van der Waals surface area contributed by atoms with Crippen LogP contribution in [0.3, 0.4) is 0 Å². The van der Waals surface area contributed by atoms with Crippen molar-refractivity contribution < 1.29 is 4.79 Å². The summed E-state index contributed by atoms with van der Waals surface area (Å²) >= 11 is 1.62. The Hall–Kier alpha value is -0.400. The SMILES string of the molecule is Cl.Cl.NCC(=O)N1CCN(Cc2cscn2)CC1. The van der Waals surface area contributed by atoms with Gasteiger partial charge < -0.3 is 10.6 Å². The molecule has 104 valence electrons. The molecular formula is C10H18Cl2N4OS. The molecule has 5 nitrogen and oxygen atoms in total. The third-order valence-electron chi connectivity index (χ3n) is 2.77. The number of carbonyl (C=O) groups excluding carboxylic acids is 1. The Kier molecular flexibility index (Phi) is 8.47. The molecule has 0 aliphatic carbocycles. The molecule has 0 unspecified atom stereocenters. The first-order chi connectivity index (χ1) is 7.79. The van der Waals surface area contributed by atoms with Gasteiger partial charge in [-0.25, -0.2) is 4.98 Å². The predicted molar refractivity (Wildman–Crippen MR) is 77.5 cm³/mol. The fourth-order valence-electron chi connectivity index (χ4n) is 1.83. The van der Waals surface area contributed by atoms with Crippen LogP contribution in [0.25, 0.3) is 0 Å². The quantitative estimate of drug-likeness (QED) is 0.887. The molecule has 0 spiro atoms. The van der Waals surface area contributed by atoms with Crippen LogP contribution in [0.2, 0.25) is 0 Å². The molecule has 1 amide bonds. The summed E-state index contributed by atoms with van der Waals surface area (Å²) in [5.41, 5.74) is 8.30. The lowest BCUT2D eigenvalue weighted by Crippen LogP contribution is -2.49. The minimum absolute atomic E-state index is 0. The van der Waals surface area contributed by atoms with Crippen LogP contribution >= 0.6 is 36.2 Å². The number of hydrogen-bond acceptors (Lipinski definition) is 5. The number of nitrogens with zero attached hydrogens (tertiary/aromatic N) is 3. The zero-order valence-electron chi connectivity index (χ0n) is 9.95. The lowest BCUT2D eigenvalue weighted by Gasteiger charge is -2.34. The second kappa shape index (κ2) is 8.66. The van der Waals surface area contributed by atoms with Gasteiger partial charge >= 0.3 is 0 Å². The molecule has 0 radical (unpaired) electrons. The van der Waals surface area contributed by atoms with Gasteiger partial charge in [0.25, 0.3) is 0 Å². The molecule has 1 fully saturated rings. The third-order valence-corrected chi connectivity index (χ3v) is 3.40. The normalized spacial score (nSPS) is 15.7. The molecule has 0 bridgehead atoms. The van der Waals surface area contributed by atoms with Crippen LogP contribution in [0.4, 0.5) is 0 Å².